The number of rotatable bonds is 5. The molecule has 172 valence electrons. The summed E-state index contributed by atoms with van der Waals surface area (Å²) in [4.78, 5) is 37.2. The fraction of sp³-hybridized carbons (Fsp3) is 0.370. The lowest BCUT2D eigenvalue weighted by Crippen LogP contribution is -2.63. The maximum absolute atomic E-state index is 13.8. The molecule has 2 aliphatic heterocycles. The van der Waals surface area contributed by atoms with Gasteiger partial charge < -0.3 is 9.80 Å². The fourth-order valence-electron chi connectivity index (χ4n) is 4.87. The summed E-state index contributed by atoms with van der Waals surface area (Å²) in [5, 5.41) is 0.819. The number of hydrogen-bond acceptors (Lipinski definition) is 4. The van der Waals surface area contributed by atoms with E-state index in [0.717, 1.165) is 21.2 Å². The van der Waals surface area contributed by atoms with Crippen LogP contribution in [0.1, 0.15) is 52.7 Å². The van der Waals surface area contributed by atoms with E-state index in [1.165, 1.54) is 11.8 Å². The first-order valence-electron chi connectivity index (χ1n) is 11.5. The number of amidine groups is 1. The lowest BCUT2D eigenvalue weighted by atomic mass is 9.86. The number of carbonyl (C=O) groups excluding carboxylic acids is 2. The van der Waals surface area contributed by atoms with Crippen LogP contribution in [0.15, 0.2) is 71.2 Å². The standard InChI is InChI=1S/C27H31N3O2S/c1-17(2)28-26-30(19(5)6)27(21-15-11-8-12-16-21)22(23(31)25(32)29(27)18(3)4)24(33-26)20-13-9-7-10-14-20/h7-19H,1-6H3. The molecule has 0 bridgehead atoms. The van der Waals surface area contributed by atoms with Gasteiger partial charge in [0.05, 0.1) is 5.57 Å². The van der Waals surface area contributed by atoms with Crippen molar-refractivity contribution in [2.75, 3.05) is 0 Å². The number of hydrogen-bond donors (Lipinski definition) is 0. The molecule has 0 N–H and O–H groups in total. The summed E-state index contributed by atoms with van der Waals surface area (Å²) in [5.41, 5.74) is 1.28. The minimum absolute atomic E-state index is 0.0116. The molecule has 0 radical (unpaired) electrons. The number of amides is 1. The smallest absolute Gasteiger partial charge is 0.297 e. The van der Waals surface area contributed by atoms with Crippen molar-refractivity contribution < 1.29 is 9.59 Å². The molecule has 0 aliphatic carbocycles. The van der Waals surface area contributed by atoms with Gasteiger partial charge in [-0.25, -0.2) is 0 Å². The van der Waals surface area contributed by atoms with Crippen molar-refractivity contribution in [3.05, 3.63) is 77.4 Å². The lowest BCUT2D eigenvalue weighted by Gasteiger charge is -2.54. The molecule has 1 unspecified atom stereocenters. The van der Waals surface area contributed by atoms with Crippen LogP contribution in [0.25, 0.3) is 4.91 Å². The summed E-state index contributed by atoms with van der Waals surface area (Å²) in [6.45, 7) is 12.2. The third-order valence-electron chi connectivity index (χ3n) is 5.93. The van der Waals surface area contributed by atoms with Crippen LogP contribution < -0.4 is 0 Å². The molecule has 6 heteroatoms. The number of Topliss-reactive ketones (excluding diaryl/α,β-unsaturated/α-hetero) is 1. The van der Waals surface area contributed by atoms with Gasteiger partial charge in [-0.1, -0.05) is 72.4 Å². The zero-order chi connectivity index (χ0) is 23.9. The minimum atomic E-state index is -1.07. The van der Waals surface area contributed by atoms with Crippen LogP contribution in [0, 0.1) is 0 Å². The van der Waals surface area contributed by atoms with E-state index < -0.39 is 17.4 Å². The first-order valence-corrected chi connectivity index (χ1v) is 12.3. The van der Waals surface area contributed by atoms with Crippen LogP contribution in [0.2, 0.25) is 0 Å². The zero-order valence-electron chi connectivity index (χ0n) is 20.1. The largest absolute Gasteiger partial charge is 0.318 e. The molecule has 2 aliphatic rings. The Labute approximate surface area is 200 Å². The third kappa shape index (κ3) is 3.61. The van der Waals surface area contributed by atoms with Gasteiger partial charge in [0.2, 0.25) is 0 Å². The lowest BCUT2D eigenvalue weighted by molar-refractivity contribution is -0.145. The van der Waals surface area contributed by atoms with Crippen LogP contribution in [0.4, 0.5) is 0 Å². The SMILES string of the molecule is CC(C)N=C1SC(c2ccccc2)=C2C(=O)C(=O)N(C(C)C)C2(c2ccccc2)N1C(C)C. The number of carbonyl (C=O) groups is 2. The number of thioether (sulfide) groups is 1. The van der Waals surface area contributed by atoms with Crippen molar-refractivity contribution >= 4 is 33.5 Å². The zero-order valence-corrected chi connectivity index (χ0v) is 20.9. The molecule has 33 heavy (non-hydrogen) atoms. The van der Waals surface area contributed by atoms with E-state index in [2.05, 4.69) is 18.7 Å². The highest BCUT2D eigenvalue weighted by Gasteiger charge is 2.64. The van der Waals surface area contributed by atoms with Crippen molar-refractivity contribution in [2.24, 2.45) is 4.99 Å². The highest BCUT2D eigenvalue weighted by molar-refractivity contribution is 8.21. The highest BCUT2D eigenvalue weighted by Crippen LogP contribution is 2.56. The van der Waals surface area contributed by atoms with Gasteiger partial charge in [0.1, 0.15) is 0 Å². The molecule has 0 spiro atoms. The van der Waals surface area contributed by atoms with Gasteiger partial charge in [0, 0.05) is 28.6 Å². The second-order valence-corrected chi connectivity index (χ2v) is 10.3. The molecule has 1 saturated heterocycles. The van der Waals surface area contributed by atoms with E-state index in [1.807, 2.05) is 88.4 Å². The Morgan fingerprint density at radius 1 is 0.788 bits per heavy atom. The average molecular weight is 462 g/mol. The third-order valence-corrected chi connectivity index (χ3v) is 7.05. The van der Waals surface area contributed by atoms with Crippen LogP contribution in [-0.2, 0) is 15.3 Å². The monoisotopic (exact) mass is 461 g/mol. The van der Waals surface area contributed by atoms with Gasteiger partial charge in [-0.3, -0.25) is 14.6 Å². The summed E-state index contributed by atoms with van der Waals surface area (Å²) < 4.78 is 0. The predicted octanol–water partition coefficient (Wildman–Crippen LogP) is 5.29. The molecule has 1 fully saturated rings. The summed E-state index contributed by atoms with van der Waals surface area (Å²) >= 11 is 1.49. The Balaban J connectivity index is 2.21. The van der Waals surface area contributed by atoms with Crippen molar-refractivity contribution in [3.8, 4) is 0 Å². The molecule has 2 aromatic carbocycles. The van der Waals surface area contributed by atoms with Gasteiger partial charge in [-0.05, 0) is 47.1 Å². The van der Waals surface area contributed by atoms with Crippen molar-refractivity contribution in [2.45, 2.75) is 65.3 Å². The van der Waals surface area contributed by atoms with Crippen LogP contribution in [0.5, 0.6) is 0 Å². The summed E-state index contributed by atoms with van der Waals surface area (Å²) in [6, 6.07) is 19.7. The molecule has 5 nitrogen and oxygen atoms in total. The van der Waals surface area contributed by atoms with Gasteiger partial charge >= 0.3 is 0 Å². The maximum Gasteiger partial charge on any atom is 0.297 e. The number of nitrogens with zero attached hydrogens (tertiary/aromatic N) is 3. The van der Waals surface area contributed by atoms with E-state index in [-0.39, 0.29) is 18.1 Å². The number of fused-ring (bicyclic) bond motifs is 1. The molecule has 0 saturated carbocycles. The first-order chi connectivity index (χ1) is 15.7. The molecule has 2 heterocycles. The molecule has 1 atom stereocenters. The Kier molecular flexibility index (Phi) is 6.23. The Morgan fingerprint density at radius 3 is 1.85 bits per heavy atom. The van der Waals surface area contributed by atoms with E-state index in [1.54, 1.807) is 4.90 Å². The maximum atomic E-state index is 13.8. The molecular weight excluding hydrogens is 430 g/mol. The number of ketones is 1. The first kappa shape index (κ1) is 23.3. The summed E-state index contributed by atoms with van der Waals surface area (Å²) in [5.74, 6) is -0.900. The van der Waals surface area contributed by atoms with Gasteiger partial charge in [-0.15, -0.1) is 0 Å². The van der Waals surface area contributed by atoms with Crippen molar-refractivity contribution in [1.29, 1.82) is 0 Å². The van der Waals surface area contributed by atoms with E-state index in [4.69, 9.17) is 4.99 Å². The molecule has 0 aromatic heterocycles. The predicted molar refractivity (Wildman–Crippen MR) is 136 cm³/mol. The quantitative estimate of drug-likeness (QED) is 0.568. The number of aliphatic imine (C=N–C) groups is 1. The van der Waals surface area contributed by atoms with Crippen molar-refractivity contribution in [3.63, 3.8) is 0 Å². The number of likely N-dealkylation sites (tertiary alicyclic amines) is 1. The topological polar surface area (TPSA) is 53.0 Å². The van der Waals surface area contributed by atoms with Crippen molar-refractivity contribution in [1.82, 2.24) is 9.80 Å². The second kappa shape index (κ2) is 8.82. The average Bonchev–Trinajstić information content (AvgIpc) is 3.01. The number of benzene rings is 2. The highest BCUT2D eigenvalue weighted by atomic mass is 32.2. The van der Waals surface area contributed by atoms with Crippen LogP contribution in [0.3, 0.4) is 0 Å². The van der Waals surface area contributed by atoms with Crippen LogP contribution >= 0.6 is 11.8 Å². The van der Waals surface area contributed by atoms with Gasteiger partial charge in [0.15, 0.2) is 10.8 Å². The Hall–Kier alpha value is -2.86. The molecule has 4 rings (SSSR count). The van der Waals surface area contributed by atoms with Crippen LogP contribution in [-0.4, -0.2) is 44.8 Å². The molecule has 1 amide bonds. The summed E-state index contributed by atoms with van der Waals surface area (Å²) in [7, 11) is 0. The molecule has 2 aromatic rings. The Bertz CT molecular complexity index is 1120. The Morgan fingerprint density at radius 2 is 1.33 bits per heavy atom. The van der Waals surface area contributed by atoms with E-state index in [9.17, 15) is 9.59 Å². The minimum Gasteiger partial charge on any atom is -0.318 e. The molecular formula is C27H31N3O2S. The van der Waals surface area contributed by atoms with Gasteiger partial charge in [-0.2, -0.15) is 0 Å². The summed E-state index contributed by atoms with van der Waals surface area (Å²) in [6.07, 6.45) is 0. The normalized spacial score (nSPS) is 22.4. The van der Waals surface area contributed by atoms with E-state index >= 15 is 0 Å². The van der Waals surface area contributed by atoms with Gasteiger partial charge in [0.25, 0.3) is 11.7 Å². The fourth-order valence-corrected chi connectivity index (χ4v) is 6.35. The second-order valence-electron chi connectivity index (χ2n) is 9.28. The van der Waals surface area contributed by atoms with E-state index in [0.29, 0.717) is 5.57 Å².